The highest BCUT2D eigenvalue weighted by molar-refractivity contribution is 5.97. The zero-order valence-corrected chi connectivity index (χ0v) is 11.7. The quantitative estimate of drug-likeness (QED) is 0.901. The number of para-hydroxylation sites is 1. The number of benzene rings is 1. The summed E-state index contributed by atoms with van der Waals surface area (Å²) >= 11 is 0. The van der Waals surface area contributed by atoms with Crippen LogP contribution in [0.2, 0.25) is 0 Å². The van der Waals surface area contributed by atoms with Crippen LogP contribution in [0.5, 0.6) is 5.75 Å². The number of hydrogen-bond acceptors (Lipinski definition) is 3. The van der Waals surface area contributed by atoms with Crippen LogP contribution in [0.15, 0.2) is 24.3 Å². The molecule has 1 saturated heterocycles. The van der Waals surface area contributed by atoms with Crippen LogP contribution in [0.1, 0.15) is 29.6 Å². The molecule has 1 aromatic carbocycles. The number of nitrogens with zero attached hydrogens (tertiary/aromatic N) is 1. The Balaban J connectivity index is 2.21. The van der Waals surface area contributed by atoms with Gasteiger partial charge in [0.05, 0.1) is 12.7 Å². The number of hydrogen-bond donors (Lipinski definition) is 1. The minimum Gasteiger partial charge on any atom is -0.496 e. The number of piperidine rings is 1. The van der Waals surface area contributed by atoms with Gasteiger partial charge in [0.25, 0.3) is 5.91 Å². The number of likely N-dealkylation sites (tertiary alicyclic amines) is 1. The molecule has 1 N–H and O–H groups in total. The first-order chi connectivity index (χ1) is 9.27. The summed E-state index contributed by atoms with van der Waals surface area (Å²) in [5.41, 5.74) is 0.660. The highest BCUT2D eigenvalue weighted by Crippen LogP contribution is 2.24. The highest BCUT2D eigenvalue weighted by Gasteiger charge is 2.28. The molecule has 1 aromatic rings. The summed E-state index contributed by atoms with van der Waals surface area (Å²) in [6.07, 6.45) is 3.35. The van der Waals surface area contributed by atoms with Gasteiger partial charge in [0, 0.05) is 19.1 Å². The summed E-state index contributed by atoms with van der Waals surface area (Å²) in [7, 11) is 3.54. The van der Waals surface area contributed by atoms with E-state index in [0.717, 1.165) is 25.9 Å². The summed E-state index contributed by atoms with van der Waals surface area (Å²) in [6.45, 7) is 1.68. The van der Waals surface area contributed by atoms with Crippen molar-refractivity contribution in [2.45, 2.75) is 25.3 Å². The SMILES string of the molecule is CNCC1CCCCN1C(=O)c1ccccc1OC. The van der Waals surface area contributed by atoms with Gasteiger partial charge in [-0.1, -0.05) is 12.1 Å². The van der Waals surface area contributed by atoms with E-state index < -0.39 is 0 Å². The van der Waals surface area contributed by atoms with Crippen molar-refractivity contribution in [1.29, 1.82) is 0 Å². The van der Waals surface area contributed by atoms with Crippen LogP contribution >= 0.6 is 0 Å². The zero-order valence-electron chi connectivity index (χ0n) is 11.7. The summed E-state index contributed by atoms with van der Waals surface area (Å²) in [5, 5.41) is 3.18. The first-order valence-electron chi connectivity index (χ1n) is 6.86. The maximum Gasteiger partial charge on any atom is 0.257 e. The minimum absolute atomic E-state index is 0.0809. The second kappa shape index (κ2) is 6.57. The fourth-order valence-electron chi connectivity index (χ4n) is 2.69. The van der Waals surface area contributed by atoms with Gasteiger partial charge in [0.1, 0.15) is 5.75 Å². The first-order valence-corrected chi connectivity index (χ1v) is 6.86. The number of carbonyl (C=O) groups is 1. The molecule has 0 aromatic heterocycles. The van der Waals surface area contributed by atoms with E-state index in [1.807, 2.05) is 36.2 Å². The fourth-order valence-corrected chi connectivity index (χ4v) is 2.69. The van der Waals surface area contributed by atoms with E-state index in [-0.39, 0.29) is 11.9 Å². The number of nitrogens with one attached hydrogen (secondary N) is 1. The Morgan fingerprint density at radius 2 is 2.21 bits per heavy atom. The maximum atomic E-state index is 12.7. The molecule has 0 spiro atoms. The molecule has 1 aliphatic heterocycles. The standard InChI is InChI=1S/C15H22N2O2/c1-16-11-12-7-5-6-10-17(12)15(18)13-8-3-4-9-14(13)19-2/h3-4,8-9,12,16H,5-7,10-11H2,1-2H3. The maximum absolute atomic E-state index is 12.7. The summed E-state index contributed by atoms with van der Waals surface area (Å²) in [4.78, 5) is 14.7. The van der Waals surface area contributed by atoms with Crippen LogP contribution in [0.25, 0.3) is 0 Å². The van der Waals surface area contributed by atoms with Gasteiger partial charge in [-0.15, -0.1) is 0 Å². The Morgan fingerprint density at radius 1 is 1.42 bits per heavy atom. The normalized spacial score (nSPS) is 19.3. The predicted octanol–water partition coefficient (Wildman–Crippen LogP) is 1.91. The molecule has 104 valence electrons. The number of ether oxygens (including phenoxy) is 1. The lowest BCUT2D eigenvalue weighted by atomic mass is 10.0. The lowest BCUT2D eigenvalue weighted by molar-refractivity contribution is 0.0611. The summed E-state index contributed by atoms with van der Waals surface area (Å²) < 4.78 is 5.29. The Bertz CT molecular complexity index is 432. The van der Waals surface area contributed by atoms with Crippen LogP contribution < -0.4 is 10.1 Å². The average Bonchev–Trinajstić information content (AvgIpc) is 2.47. The third kappa shape index (κ3) is 3.07. The van der Waals surface area contributed by atoms with Crippen LogP contribution in [0, 0.1) is 0 Å². The van der Waals surface area contributed by atoms with Crippen molar-refractivity contribution >= 4 is 5.91 Å². The van der Waals surface area contributed by atoms with Gasteiger partial charge >= 0.3 is 0 Å². The van der Waals surface area contributed by atoms with E-state index in [0.29, 0.717) is 11.3 Å². The van der Waals surface area contributed by atoms with Gasteiger partial charge in [-0.25, -0.2) is 0 Å². The van der Waals surface area contributed by atoms with Crippen molar-refractivity contribution in [3.8, 4) is 5.75 Å². The van der Waals surface area contributed by atoms with E-state index in [1.54, 1.807) is 7.11 Å². The van der Waals surface area contributed by atoms with Crippen molar-refractivity contribution < 1.29 is 9.53 Å². The molecular formula is C15H22N2O2. The molecule has 1 atom stereocenters. The average molecular weight is 262 g/mol. The van der Waals surface area contributed by atoms with Gasteiger partial charge in [-0.2, -0.15) is 0 Å². The number of likely N-dealkylation sites (N-methyl/N-ethyl adjacent to an activating group) is 1. The molecular weight excluding hydrogens is 240 g/mol. The van der Waals surface area contributed by atoms with Crippen LogP contribution in [-0.4, -0.2) is 44.1 Å². The largest absolute Gasteiger partial charge is 0.496 e. The van der Waals surface area contributed by atoms with Gasteiger partial charge in [-0.3, -0.25) is 4.79 Å². The second-order valence-corrected chi connectivity index (χ2v) is 4.91. The predicted molar refractivity (Wildman–Crippen MR) is 75.6 cm³/mol. The molecule has 19 heavy (non-hydrogen) atoms. The van der Waals surface area contributed by atoms with Crippen molar-refractivity contribution in [2.75, 3.05) is 27.2 Å². The van der Waals surface area contributed by atoms with Crippen LogP contribution in [-0.2, 0) is 0 Å². The molecule has 1 heterocycles. The first kappa shape index (κ1) is 13.9. The van der Waals surface area contributed by atoms with Crippen LogP contribution in [0.4, 0.5) is 0 Å². The molecule has 0 bridgehead atoms. The minimum atomic E-state index is 0.0809. The molecule has 1 amide bonds. The Kier molecular flexibility index (Phi) is 4.80. The molecule has 1 fully saturated rings. The van der Waals surface area contributed by atoms with Gasteiger partial charge in [0.2, 0.25) is 0 Å². The topological polar surface area (TPSA) is 41.6 Å². The molecule has 1 unspecified atom stereocenters. The van der Waals surface area contributed by atoms with E-state index in [2.05, 4.69) is 5.32 Å². The van der Waals surface area contributed by atoms with Gasteiger partial charge in [0.15, 0.2) is 0 Å². The van der Waals surface area contributed by atoms with Gasteiger partial charge < -0.3 is 15.0 Å². The van der Waals surface area contributed by atoms with Crippen molar-refractivity contribution in [2.24, 2.45) is 0 Å². The van der Waals surface area contributed by atoms with E-state index in [1.165, 1.54) is 6.42 Å². The zero-order chi connectivity index (χ0) is 13.7. The van der Waals surface area contributed by atoms with Crippen molar-refractivity contribution in [3.05, 3.63) is 29.8 Å². The Morgan fingerprint density at radius 3 is 2.95 bits per heavy atom. The third-order valence-corrected chi connectivity index (χ3v) is 3.67. The van der Waals surface area contributed by atoms with E-state index in [4.69, 9.17) is 4.74 Å². The number of carbonyl (C=O) groups excluding carboxylic acids is 1. The second-order valence-electron chi connectivity index (χ2n) is 4.91. The molecule has 0 saturated carbocycles. The molecule has 4 nitrogen and oxygen atoms in total. The monoisotopic (exact) mass is 262 g/mol. The van der Waals surface area contributed by atoms with Crippen LogP contribution in [0.3, 0.4) is 0 Å². The van der Waals surface area contributed by atoms with E-state index >= 15 is 0 Å². The lowest BCUT2D eigenvalue weighted by Crippen LogP contribution is -2.48. The molecule has 2 rings (SSSR count). The van der Waals surface area contributed by atoms with Crippen molar-refractivity contribution in [1.82, 2.24) is 10.2 Å². The molecule has 0 aliphatic carbocycles. The highest BCUT2D eigenvalue weighted by atomic mass is 16.5. The van der Waals surface area contributed by atoms with Crippen molar-refractivity contribution in [3.63, 3.8) is 0 Å². The van der Waals surface area contributed by atoms with E-state index in [9.17, 15) is 4.79 Å². The number of methoxy groups -OCH3 is 1. The summed E-state index contributed by atoms with van der Waals surface area (Å²) in [5.74, 6) is 0.735. The smallest absolute Gasteiger partial charge is 0.257 e. The fraction of sp³-hybridized carbons (Fsp3) is 0.533. The third-order valence-electron chi connectivity index (χ3n) is 3.67. The molecule has 4 heteroatoms. The number of rotatable bonds is 4. The number of amides is 1. The Hall–Kier alpha value is -1.55. The molecule has 0 radical (unpaired) electrons. The van der Waals surface area contributed by atoms with Gasteiger partial charge in [-0.05, 0) is 38.4 Å². The lowest BCUT2D eigenvalue weighted by Gasteiger charge is -2.36. The summed E-state index contributed by atoms with van der Waals surface area (Å²) in [6, 6.07) is 7.73. The Labute approximate surface area is 114 Å². The molecule has 1 aliphatic rings.